The number of rotatable bonds is 5. The van der Waals surface area contributed by atoms with Crippen molar-refractivity contribution in [1.82, 2.24) is 15.1 Å². The van der Waals surface area contributed by atoms with Crippen LogP contribution in [0.25, 0.3) is 0 Å². The molecule has 2 heterocycles. The smallest absolute Gasteiger partial charge is 0.260 e. The van der Waals surface area contributed by atoms with Gasteiger partial charge in [-0.3, -0.25) is 4.79 Å². The second kappa shape index (κ2) is 9.11. The summed E-state index contributed by atoms with van der Waals surface area (Å²) in [6.45, 7) is 7.17. The maximum atomic E-state index is 12.6. The zero-order chi connectivity index (χ0) is 20.2. The number of ether oxygens (including phenoxy) is 1. The number of benzene rings is 1. The number of nitrogens with zero attached hydrogens (tertiary/aromatic N) is 4. The third kappa shape index (κ3) is 4.71. The number of aryl methyl sites for hydroxylation is 1. The Bertz CT molecular complexity index is 839. The summed E-state index contributed by atoms with van der Waals surface area (Å²) < 4.78 is 5.79. The molecule has 1 saturated carbocycles. The molecule has 7 heteroatoms. The fourth-order valence-electron chi connectivity index (χ4n) is 4.13. The molecule has 156 valence electrons. The molecule has 0 spiro atoms. The van der Waals surface area contributed by atoms with Crippen LogP contribution < -0.4 is 9.64 Å². The molecule has 1 aromatic carbocycles. The van der Waals surface area contributed by atoms with Gasteiger partial charge in [0.1, 0.15) is 10.8 Å². The maximum Gasteiger partial charge on any atom is 0.260 e. The minimum Gasteiger partial charge on any atom is -0.483 e. The summed E-state index contributed by atoms with van der Waals surface area (Å²) in [7, 11) is 0. The van der Waals surface area contributed by atoms with E-state index in [-0.39, 0.29) is 12.5 Å². The van der Waals surface area contributed by atoms with Crippen molar-refractivity contribution in [3.05, 3.63) is 34.3 Å². The lowest BCUT2D eigenvalue weighted by Crippen LogP contribution is -2.50. The Morgan fingerprint density at radius 1 is 1.10 bits per heavy atom. The molecule has 1 aliphatic carbocycles. The van der Waals surface area contributed by atoms with E-state index in [0.29, 0.717) is 19.0 Å². The van der Waals surface area contributed by atoms with Crippen LogP contribution in [0.4, 0.5) is 5.13 Å². The van der Waals surface area contributed by atoms with Crippen LogP contribution in [0.15, 0.2) is 18.2 Å². The van der Waals surface area contributed by atoms with Crippen LogP contribution >= 0.6 is 11.3 Å². The van der Waals surface area contributed by atoms with Gasteiger partial charge in [-0.25, -0.2) is 0 Å². The predicted molar refractivity (Wildman–Crippen MR) is 116 cm³/mol. The highest BCUT2D eigenvalue weighted by atomic mass is 32.1. The molecule has 1 saturated heterocycles. The Labute approximate surface area is 176 Å². The quantitative estimate of drug-likeness (QED) is 0.742. The lowest BCUT2D eigenvalue weighted by molar-refractivity contribution is -0.133. The Hall–Kier alpha value is -2.15. The van der Waals surface area contributed by atoms with Gasteiger partial charge in [0, 0.05) is 32.1 Å². The molecule has 2 aliphatic rings. The molecule has 0 radical (unpaired) electrons. The average Bonchev–Trinajstić information content (AvgIpc) is 3.26. The molecule has 6 nitrogen and oxygen atoms in total. The minimum absolute atomic E-state index is 0.0470. The Balaban J connectivity index is 1.27. The summed E-state index contributed by atoms with van der Waals surface area (Å²) in [6, 6.07) is 5.94. The van der Waals surface area contributed by atoms with Crippen molar-refractivity contribution in [3.63, 3.8) is 0 Å². The van der Waals surface area contributed by atoms with Crippen LogP contribution in [0.1, 0.15) is 54.2 Å². The highest BCUT2D eigenvalue weighted by Crippen LogP contribution is 2.36. The molecule has 0 bridgehead atoms. The third-order valence-electron chi connectivity index (χ3n) is 6.19. The molecule has 0 atom stereocenters. The highest BCUT2D eigenvalue weighted by molar-refractivity contribution is 7.15. The molecule has 29 heavy (non-hydrogen) atoms. The summed E-state index contributed by atoms with van der Waals surface area (Å²) in [5.74, 6) is 1.44. The van der Waals surface area contributed by atoms with Gasteiger partial charge in [0.25, 0.3) is 5.91 Å². The van der Waals surface area contributed by atoms with Gasteiger partial charge in [-0.2, -0.15) is 0 Å². The van der Waals surface area contributed by atoms with Crippen LogP contribution in [0.5, 0.6) is 5.75 Å². The highest BCUT2D eigenvalue weighted by Gasteiger charge is 2.25. The number of aromatic nitrogens is 2. The van der Waals surface area contributed by atoms with Crippen molar-refractivity contribution >= 4 is 22.4 Å². The van der Waals surface area contributed by atoms with Gasteiger partial charge in [0.05, 0.1) is 0 Å². The maximum absolute atomic E-state index is 12.6. The first-order valence-electron chi connectivity index (χ1n) is 10.7. The zero-order valence-electron chi connectivity index (χ0n) is 17.4. The summed E-state index contributed by atoms with van der Waals surface area (Å²) >= 11 is 1.74. The molecule has 2 aromatic rings. The minimum atomic E-state index is 0.0470. The molecule has 1 aromatic heterocycles. The van der Waals surface area contributed by atoms with Gasteiger partial charge >= 0.3 is 0 Å². The molecular weight excluding hydrogens is 384 g/mol. The van der Waals surface area contributed by atoms with E-state index in [9.17, 15) is 4.79 Å². The van der Waals surface area contributed by atoms with Gasteiger partial charge in [-0.15, -0.1) is 10.2 Å². The fourth-order valence-corrected chi connectivity index (χ4v) is 5.19. The van der Waals surface area contributed by atoms with E-state index in [1.165, 1.54) is 42.7 Å². The van der Waals surface area contributed by atoms with E-state index in [4.69, 9.17) is 4.74 Å². The SMILES string of the molecule is Cc1cccc(OCC(=O)N2CCN(c3nnc(C4CCCCC4)s3)CC2)c1C. The molecular formula is C22H30N4O2S. The van der Waals surface area contributed by atoms with E-state index in [0.717, 1.165) is 29.5 Å². The first-order chi connectivity index (χ1) is 14.1. The van der Waals surface area contributed by atoms with Crippen molar-refractivity contribution in [3.8, 4) is 5.75 Å². The van der Waals surface area contributed by atoms with Crippen molar-refractivity contribution in [2.24, 2.45) is 0 Å². The Morgan fingerprint density at radius 2 is 1.86 bits per heavy atom. The molecule has 0 N–H and O–H groups in total. The van der Waals surface area contributed by atoms with Gasteiger partial charge in [0.15, 0.2) is 6.61 Å². The van der Waals surface area contributed by atoms with E-state index in [1.54, 1.807) is 11.3 Å². The molecule has 2 fully saturated rings. The van der Waals surface area contributed by atoms with E-state index < -0.39 is 0 Å². The van der Waals surface area contributed by atoms with Crippen molar-refractivity contribution in [2.45, 2.75) is 51.9 Å². The van der Waals surface area contributed by atoms with Gasteiger partial charge in [-0.1, -0.05) is 42.7 Å². The van der Waals surface area contributed by atoms with E-state index >= 15 is 0 Å². The van der Waals surface area contributed by atoms with Crippen molar-refractivity contribution in [2.75, 3.05) is 37.7 Å². The zero-order valence-corrected chi connectivity index (χ0v) is 18.2. The predicted octanol–water partition coefficient (Wildman–Crippen LogP) is 3.93. The monoisotopic (exact) mass is 414 g/mol. The topological polar surface area (TPSA) is 58.6 Å². The number of carbonyl (C=O) groups is 1. The van der Waals surface area contributed by atoms with Crippen LogP contribution in [0.3, 0.4) is 0 Å². The standard InChI is InChI=1S/C22H30N4O2S/c1-16-7-6-10-19(17(16)2)28-15-20(27)25-11-13-26(14-12-25)22-24-23-21(29-22)18-8-4-3-5-9-18/h6-7,10,18H,3-5,8-9,11-15H2,1-2H3. The van der Waals surface area contributed by atoms with Gasteiger partial charge in [0.2, 0.25) is 5.13 Å². The fraction of sp³-hybridized carbons (Fsp3) is 0.591. The average molecular weight is 415 g/mol. The summed E-state index contributed by atoms with van der Waals surface area (Å²) in [5.41, 5.74) is 2.27. The number of amides is 1. The number of piperazine rings is 1. The summed E-state index contributed by atoms with van der Waals surface area (Å²) in [5, 5.41) is 11.1. The summed E-state index contributed by atoms with van der Waals surface area (Å²) in [6.07, 6.45) is 6.47. The molecule has 4 rings (SSSR count). The lowest BCUT2D eigenvalue weighted by Gasteiger charge is -2.34. The Morgan fingerprint density at radius 3 is 2.62 bits per heavy atom. The number of carbonyl (C=O) groups excluding carboxylic acids is 1. The first-order valence-corrected chi connectivity index (χ1v) is 11.5. The summed E-state index contributed by atoms with van der Waals surface area (Å²) in [4.78, 5) is 16.7. The lowest BCUT2D eigenvalue weighted by atomic mass is 9.90. The van der Waals surface area contributed by atoms with E-state index in [1.807, 2.05) is 24.0 Å². The van der Waals surface area contributed by atoms with Crippen molar-refractivity contribution < 1.29 is 9.53 Å². The van der Waals surface area contributed by atoms with Crippen LogP contribution in [-0.2, 0) is 4.79 Å². The second-order valence-corrected chi connectivity index (χ2v) is 9.10. The first kappa shape index (κ1) is 20.1. The molecule has 1 amide bonds. The number of hydrogen-bond donors (Lipinski definition) is 0. The van der Waals surface area contributed by atoms with Gasteiger partial charge in [-0.05, 0) is 43.9 Å². The van der Waals surface area contributed by atoms with Crippen molar-refractivity contribution in [1.29, 1.82) is 0 Å². The normalized spacial score (nSPS) is 18.1. The van der Waals surface area contributed by atoms with Crippen LogP contribution in [-0.4, -0.2) is 53.8 Å². The second-order valence-electron chi connectivity index (χ2n) is 8.11. The van der Waals surface area contributed by atoms with Gasteiger partial charge < -0.3 is 14.5 Å². The van der Waals surface area contributed by atoms with Crippen LogP contribution in [0, 0.1) is 13.8 Å². The van der Waals surface area contributed by atoms with E-state index in [2.05, 4.69) is 28.1 Å². The molecule has 1 aliphatic heterocycles. The Kier molecular flexibility index (Phi) is 6.33. The number of hydrogen-bond acceptors (Lipinski definition) is 6. The van der Waals surface area contributed by atoms with Crippen LogP contribution in [0.2, 0.25) is 0 Å². The largest absolute Gasteiger partial charge is 0.483 e. The third-order valence-corrected chi connectivity index (χ3v) is 7.34. The number of anilines is 1. The molecule has 0 unspecified atom stereocenters.